The third-order valence-electron chi connectivity index (χ3n) is 4.45. The summed E-state index contributed by atoms with van der Waals surface area (Å²) in [6, 6.07) is 7.98. The molecule has 4 rings (SSSR count). The highest BCUT2D eigenvalue weighted by molar-refractivity contribution is 6.30. The second-order valence-electron chi connectivity index (χ2n) is 5.92. The average Bonchev–Trinajstić information content (AvgIpc) is 3.02. The number of carbonyl (C=O) groups is 1. The van der Waals surface area contributed by atoms with E-state index in [1.807, 2.05) is 0 Å². The highest BCUT2D eigenvalue weighted by atomic mass is 35.5. The molecule has 1 fully saturated rings. The van der Waals surface area contributed by atoms with Crippen LogP contribution in [0.3, 0.4) is 0 Å². The topological polar surface area (TPSA) is 84.2 Å². The maximum atomic E-state index is 14.1. The van der Waals surface area contributed by atoms with Crippen LogP contribution in [0.2, 0.25) is 5.02 Å². The van der Waals surface area contributed by atoms with Gasteiger partial charge in [0.1, 0.15) is 12.1 Å². The molecule has 1 amide bonds. The Kier molecular flexibility index (Phi) is 3.96. The van der Waals surface area contributed by atoms with Crippen LogP contribution in [0, 0.1) is 11.7 Å². The summed E-state index contributed by atoms with van der Waals surface area (Å²) >= 11 is 5.79. The number of amides is 1. The number of fused-ring (bicyclic) bond motifs is 1. The number of hydrogen-bond donors (Lipinski definition) is 2. The van der Waals surface area contributed by atoms with Crippen LogP contribution in [0.25, 0.3) is 5.65 Å². The second kappa shape index (κ2) is 6.29. The Morgan fingerprint density at radius 2 is 2.16 bits per heavy atom. The van der Waals surface area contributed by atoms with Gasteiger partial charge in [-0.3, -0.25) is 15.6 Å². The van der Waals surface area contributed by atoms with E-state index in [0.717, 1.165) is 6.42 Å². The third kappa shape index (κ3) is 3.00. The molecule has 2 heterocycles. The lowest BCUT2D eigenvalue weighted by Gasteiger charge is -2.35. The Bertz CT molecular complexity index is 945. The molecule has 0 saturated heterocycles. The van der Waals surface area contributed by atoms with Crippen molar-refractivity contribution in [2.45, 2.75) is 18.8 Å². The number of carbonyl (C=O) groups excluding carboxylic acids is 1. The summed E-state index contributed by atoms with van der Waals surface area (Å²) in [5.74, 6) is -0.553. The van der Waals surface area contributed by atoms with Gasteiger partial charge >= 0.3 is 0 Å². The van der Waals surface area contributed by atoms with E-state index in [9.17, 15) is 9.18 Å². The van der Waals surface area contributed by atoms with Crippen molar-refractivity contribution in [2.24, 2.45) is 5.92 Å². The van der Waals surface area contributed by atoms with Gasteiger partial charge < -0.3 is 0 Å². The van der Waals surface area contributed by atoms with Crippen molar-refractivity contribution < 1.29 is 9.18 Å². The fraction of sp³-hybridized carbons (Fsp3) is 0.250. The van der Waals surface area contributed by atoms with Crippen molar-refractivity contribution in [2.75, 3.05) is 5.43 Å². The maximum absolute atomic E-state index is 14.1. The van der Waals surface area contributed by atoms with Gasteiger partial charge in [-0.05, 0) is 48.6 Å². The van der Waals surface area contributed by atoms with E-state index in [4.69, 9.17) is 11.6 Å². The Labute approximate surface area is 147 Å². The Balaban J connectivity index is 1.42. The van der Waals surface area contributed by atoms with Gasteiger partial charge in [0, 0.05) is 10.9 Å². The number of nitrogens with one attached hydrogen (secondary N) is 2. The molecule has 128 valence electrons. The van der Waals surface area contributed by atoms with E-state index in [1.54, 1.807) is 24.3 Å². The molecule has 2 atom stereocenters. The first-order chi connectivity index (χ1) is 12.1. The molecule has 1 aliphatic carbocycles. The number of halogens is 2. The minimum Gasteiger partial charge on any atom is -0.280 e. The molecular weight excluding hydrogens is 347 g/mol. The molecule has 0 radical (unpaired) electrons. The largest absolute Gasteiger partial charge is 0.280 e. The number of rotatable bonds is 4. The lowest BCUT2D eigenvalue weighted by Crippen LogP contribution is -2.42. The first-order valence-electron chi connectivity index (χ1n) is 7.80. The zero-order valence-electron chi connectivity index (χ0n) is 13.0. The lowest BCUT2D eigenvalue weighted by molar-refractivity contribution is -0.127. The number of hydrogen-bond acceptors (Lipinski definition) is 5. The molecule has 7 nitrogen and oxygen atoms in total. The van der Waals surface area contributed by atoms with Crippen LogP contribution in [0.5, 0.6) is 0 Å². The van der Waals surface area contributed by atoms with E-state index >= 15 is 0 Å². The van der Waals surface area contributed by atoms with Gasteiger partial charge in [0.05, 0.1) is 0 Å². The van der Waals surface area contributed by atoms with Gasteiger partial charge in [0.2, 0.25) is 5.91 Å². The lowest BCUT2D eigenvalue weighted by atomic mass is 9.69. The van der Waals surface area contributed by atoms with Crippen molar-refractivity contribution in [3.63, 3.8) is 0 Å². The molecule has 2 unspecified atom stereocenters. The summed E-state index contributed by atoms with van der Waals surface area (Å²) in [6.45, 7) is 0. The maximum Gasteiger partial charge on any atom is 0.242 e. The predicted octanol–water partition coefficient (Wildman–Crippen LogP) is 2.55. The Morgan fingerprint density at radius 3 is 2.92 bits per heavy atom. The van der Waals surface area contributed by atoms with Crippen LogP contribution < -0.4 is 10.9 Å². The summed E-state index contributed by atoms with van der Waals surface area (Å²) in [5, 5.41) is 12.1. The van der Waals surface area contributed by atoms with Gasteiger partial charge in [0.15, 0.2) is 11.5 Å². The van der Waals surface area contributed by atoms with E-state index in [2.05, 4.69) is 26.1 Å². The van der Waals surface area contributed by atoms with Crippen molar-refractivity contribution in [3.05, 3.63) is 53.1 Å². The van der Waals surface area contributed by atoms with Crippen LogP contribution >= 0.6 is 11.6 Å². The molecule has 0 bridgehead atoms. The first kappa shape index (κ1) is 15.8. The molecule has 9 heteroatoms. The highest BCUT2D eigenvalue weighted by Crippen LogP contribution is 2.43. The zero-order chi connectivity index (χ0) is 17.4. The van der Waals surface area contributed by atoms with Crippen LogP contribution in [0.1, 0.15) is 24.3 Å². The SMILES string of the molecule is O=C(NNc1ccc2nncn2n1)C1CCC1c1ccc(Cl)cc1F. The standard InChI is InChI=1S/C16H14ClFN6O/c17-9-1-2-11(13(18)7-9)10-3-4-12(10)16(25)22-20-14-5-6-15-21-19-8-24(15)23-14/h1-2,5-8,10,12H,3-4H2,(H,20,23)(H,22,25). The van der Waals surface area contributed by atoms with Crippen LogP contribution in [0.15, 0.2) is 36.7 Å². The molecule has 1 saturated carbocycles. The number of benzene rings is 1. The monoisotopic (exact) mass is 360 g/mol. The summed E-state index contributed by atoms with van der Waals surface area (Å²) in [6.07, 6.45) is 2.94. The van der Waals surface area contributed by atoms with Gasteiger partial charge in [-0.1, -0.05) is 17.7 Å². The molecular formula is C16H14ClFN6O. The molecule has 25 heavy (non-hydrogen) atoms. The quantitative estimate of drug-likeness (QED) is 0.698. The molecule has 2 N–H and O–H groups in total. The van der Waals surface area contributed by atoms with Crippen molar-refractivity contribution in [3.8, 4) is 0 Å². The minimum atomic E-state index is -0.373. The Hall–Kier alpha value is -2.74. The first-order valence-corrected chi connectivity index (χ1v) is 8.17. The summed E-state index contributed by atoms with van der Waals surface area (Å²) < 4.78 is 15.6. The molecule has 0 spiro atoms. The van der Waals surface area contributed by atoms with Gasteiger partial charge in [0.25, 0.3) is 0 Å². The molecule has 1 aromatic carbocycles. The normalized spacial score (nSPS) is 19.4. The van der Waals surface area contributed by atoms with Gasteiger partial charge in [-0.2, -0.15) is 4.52 Å². The summed E-state index contributed by atoms with van der Waals surface area (Å²) in [7, 11) is 0. The van der Waals surface area contributed by atoms with E-state index in [1.165, 1.54) is 16.9 Å². The molecule has 0 aliphatic heterocycles. The fourth-order valence-electron chi connectivity index (χ4n) is 3.00. The number of aromatic nitrogens is 4. The van der Waals surface area contributed by atoms with E-state index in [0.29, 0.717) is 28.5 Å². The molecule has 3 aromatic rings. The van der Waals surface area contributed by atoms with Crippen LogP contribution in [-0.4, -0.2) is 25.7 Å². The molecule has 2 aromatic heterocycles. The van der Waals surface area contributed by atoms with Gasteiger partial charge in [-0.25, -0.2) is 4.39 Å². The smallest absolute Gasteiger partial charge is 0.242 e. The zero-order valence-corrected chi connectivity index (χ0v) is 13.7. The minimum absolute atomic E-state index is 0.146. The highest BCUT2D eigenvalue weighted by Gasteiger charge is 2.38. The number of hydrazine groups is 1. The van der Waals surface area contributed by atoms with E-state index < -0.39 is 0 Å². The van der Waals surface area contributed by atoms with Crippen molar-refractivity contribution in [1.82, 2.24) is 25.2 Å². The fourth-order valence-corrected chi connectivity index (χ4v) is 3.16. The Morgan fingerprint density at radius 1 is 1.28 bits per heavy atom. The summed E-state index contributed by atoms with van der Waals surface area (Å²) in [4.78, 5) is 12.4. The second-order valence-corrected chi connectivity index (χ2v) is 6.36. The molecule has 1 aliphatic rings. The van der Waals surface area contributed by atoms with E-state index in [-0.39, 0.29) is 23.6 Å². The number of nitrogens with zero attached hydrogens (tertiary/aromatic N) is 4. The van der Waals surface area contributed by atoms with Crippen molar-refractivity contribution >= 4 is 29.0 Å². The third-order valence-corrected chi connectivity index (χ3v) is 4.68. The van der Waals surface area contributed by atoms with Crippen molar-refractivity contribution in [1.29, 1.82) is 0 Å². The average molecular weight is 361 g/mol. The van der Waals surface area contributed by atoms with Crippen LogP contribution in [0.4, 0.5) is 10.2 Å². The van der Waals surface area contributed by atoms with Crippen LogP contribution in [-0.2, 0) is 4.79 Å². The predicted molar refractivity (Wildman–Crippen MR) is 89.4 cm³/mol. The number of anilines is 1. The van der Waals surface area contributed by atoms with Gasteiger partial charge in [-0.15, -0.1) is 15.3 Å². The summed E-state index contributed by atoms with van der Waals surface area (Å²) in [5.41, 5.74) is 6.54.